The first-order valence-electron chi connectivity index (χ1n) is 8.80. The lowest BCUT2D eigenvalue weighted by molar-refractivity contribution is -0.120. The molecule has 1 saturated heterocycles. The lowest BCUT2D eigenvalue weighted by atomic mass is 10.1. The maximum absolute atomic E-state index is 13.4. The van der Waals surface area contributed by atoms with Crippen molar-refractivity contribution >= 4 is 64.0 Å². The average Bonchev–Trinajstić information content (AvgIpc) is 2.77. The van der Waals surface area contributed by atoms with Gasteiger partial charge in [-0.05, 0) is 49.0 Å². The number of nitrogens with zero attached hydrogens (tertiary/aromatic N) is 2. The van der Waals surface area contributed by atoms with E-state index >= 15 is 0 Å². The molecule has 0 aliphatic carbocycles. The third kappa shape index (κ3) is 4.05. The number of anilines is 2. The molecule has 0 radical (unpaired) electrons. The van der Waals surface area contributed by atoms with Crippen molar-refractivity contribution in [3.63, 3.8) is 0 Å². The summed E-state index contributed by atoms with van der Waals surface area (Å²) in [6.07, 6.45) is 3.66. The maximum Gasteiger partial charge on any atom is 0.271 e. The summed E-state index contributed by atoms with van der Waals surface area (Å²) in [5.74, 6) is 0.231. The molecule has 9 heteroatoms. The van der Waals surface area contributed by atoms with Crippen LogP contribution in [0.15, 0.2) is 58.3 Å². The van der Waals surface area contributed by atoms with Gasteiger partial charge in [-0.2, -0.15) is 0 Å². The van der Waals surface area contributed by atoms with Crippen LogP contribution in [0.4, 0.5) is 11.4 Å². The quantitative estimate of drug-likeness (QED) is 0.362. The highest BCUT2D eigenvalue weighted by molar-refractivity contribution is 8.21. The number of thiocarbonyl (C=S) groups is 1. The molecule has 1 fully saturated rings. The Morgan fingerprint density at radius 1 is 0.833 bits per heavy atom. The van der Waals surface area contributed by atoms with Crippen molar-refractivity contribution in [2.24, 2.45) is 0 Å². The van der Waals surface area contributed by atoms with Gasteiger partial charge in [0.05, 0.1) is 29.8 Å². The van der Waals surface area contributed by atoms with E-state index in [2.05, 4.69) is 0 Å². The molecule has 1 aliphatic heterocycles. The van der Waals surface area contributed by atoms with Crippen LogP contribution in [0.2, 0.25) is 0 Å². The molecule has 3 rings (SSSR count). The third-order valence-electron chi connectivity index (χ3n) is 4.41. The van der Waals surface area contributed by atoms with Crippen LogP contribution >= 0.6 is 35.7 Å². The van der Waals surface area contributed by atoms with E-state index in [0.717, 1.165) is 0 Å². The molecule has 0 aromatic heterocycles. The normalized spacial score (nSPS) is 14.3. The Bertz CT molecular complexity index is 961. The first-order chi connectivity index (χ1) is 14.5. The summed E-state index contributed by atoms with van der Waals surface area (Å²) in [5, 5.41) is 0.0665. The molecule has 0 N–H and O–H groups in total. The second-order valence-electron chi connectivity index (χ2n) is 6.04. The number of benzene rings is 2. The summed E-state index contributed by atoms with van der Waals surface area (Å²) >= 11 is 8.33. The minimum absolute atomic E-state index is 0.0665. The molecule has 1 heterocycles. The molecule has 2 amide bonds. The number of carbonyl (C=O) groups excluding carboxylic acids is 2. The topological polar surface area (TPSA) is 59.1 Å². The first kappa shape index (κ1) is 22.2. The van der Waals surface area contributed by atoms with Gasteiger partial charge in [0.25, 0.3) is 11.8 Å². The van der Waals surface area contributed by atoms with Gasteiger partial charge >= 0.3 is 0 Å². The molecule has 0 unspecified atom stereocenters. The predicted molar refractivity (Wildman–Crippen MR) is 128 cm³/mol. The molecule has 0 bridgehead atoms. The monoisotopic (exact) mass is 460 g/mol. The molecule has 2 aromatic rings. The molecule has 30 heavy (non-hydrogen) atoms. The van der Waals surface area contributed by atoms with Crippen molar-refractivity contribution in [3.05, 3.63) is 58.3 Å². The van der Waals surface area contributed by atoms with Crippen molar-refractivity contribution in [1.82, 2.24) is 0 Å². The molecule has 0 atom stereocenters. The number of amides is 2. The minimum Gasteiger partial charge on any atom is -0.497 e. The van der Waals surface area contributed by atoms with Gasteiger partial charge in [0.15, 0.2) is 5.11 Å². The minimum atomic E-state index is -0.462. The number of ether oxygens (including phenoxy) is 2. The van der Waals surface area contributed by atoms with Gasteiger partial charge in [-0.15, -0.1) is 23.5 Å². The van der Waals surface area contributed by atoms with Crippen molar-refractivity contribution < 1.29 is 19.1 Å². The number of carbonyl (C=O) groups is 2. The Morgan fingerprint density at radius 2 is 1.27 bits per heavy atom. The second-order valence-corrected chi connectivity index (χ2v) is 8.29. The van der Waals surface area contributed by atoms with Crippen molar-refractivity contribution in [2.45, 2.75) is 0 Å². The van der Waals surface area contributed by atoms with E-state index < -0.39 is 11.8 Å². The van der Waals surface area contributed by atoms with Gasteiger partial charge in [-0.3, -0.25) is 19.4 Å². The standard InChI is InChI=1S/C21H20N2O4S3/c1-26-15-9-5-7-13(11-15)22-18(24)17(20(29-3)30-4)19(25)23(21(22)28)14-8-6-10-16(12-14)27-2/h5-12H,1-4H3. The maximum atomic E-state index is 13.4. The number of rotatable bonds is 6. The molecule has 156 valence electrons. The Morgan fingerprint density at radius 3 is 1.63 bits per heavy atom. The van der Waals surface area contributed by atoms with Gasteiger partial charge < -0.3 is 9.47 Å². The van der Waals surface area contributed by atoms with Gasteiger partial charge in [0.2, 0.25) is 0 Å². The predicted octanol–water partition coefficient (Wildman–Crippen LogP) is 4.31. The van der Waals surface area contributed by atoms with Crippen LogP contribution in [0.3, 0.4) is 0 Å². The van der Waals surface area contributed by atoms with Crippen LogP contribution < -0.4 is 19.3 Å². The Balaban J connectivity index is 2.22. The molecule has 0 spiro atoms. The molecule has 6 nitrogen and oxygen atoms in total. The lowest BCUT2D eigenvalue weighted by Gasteiger charge is -2.37. The van der Waals surface area contributed by atoms with Gasteiger partial charge in [-0.1, -0.05) is 12.1 Å². The fraction of sp³-hybridized carbons (Fsp3) is 0.190. The zero-order chi connectivity index (χ0) is 21.8. The van der Waals surface area contributed by atoms with E-state index in [-0.39, 0.29) is 10.7 Å². The summed E-state index contributed by atoms with van der Waals surface area (Å²) in [4.78, 5) is 29.6. The highest BCUT2D eigenvalue weighted by atomic mass is 32.2. The van der Waals surface area contributed by atoms with Crippen molar-refractivity contribution in [1.29, 1.82) is 0 Å². The third-order valence-corrected chi connectivity index (χ3v) is 6.93. The average molecular weight is 461 g/mol. The Kier molecular flexibility index (Phi) is 7.06. The van der Waals surface area contributed by atoms with Crippen LogP contribution in [0.5, 0.6) is 11.5 Å². The number of hydrogen-bond donors (Lipinski definition) is 0. The fourth-order valence-electron chi connectivity index (χ4n) is 3.01. The van der Waals surface area contributed by atoms with Gasteiger partial charge in [0, 0.05) is 12.1 Å². The van der Waals surface area contributed by atoms with E-state index in [1.807, 2.05) is 12.5 Å². The van der Waals surface area contributed by atoms with Crippen LogP contribution in [0.25, 0.3) is 0 Å². The molecular formula is C21H20N2O4S3. The van der Waals surface area contributed by atoms with E-state index in [1.165, 1.54) is 33.3 Å². The fourth-order valence-corrected chi connectivity index (χ4v) is 4.81. The zero-order valence-electron chi connectivity index (χ0n) is 16.9. The summed E-state index contributed by atoms with van der Waals surface area (Å²) < 4.78 is 11.2. The van der Waals surface area contributed by atoms with Gasteiger partial charge in [-0.25, -0.2) is 0 Å². The smallest absolute Gasteiger partial charge is 0.271 e. The molecule has 0 saturated carbocycles. The number of hydrogen-bond acceptors (Lipinski definition) is 7. The Hall–Kier alpha value is -2.49. The number of methoxy groups -OCH3 is 2. The van der Waals surface area contributed by atoms with Crippen molar-refractivity contribution in [3.8, 4) is 11.5 Å². The van der Waals surface area contributed by atoms with Crippen molar-refractivity contribution in [2.75, 3.05) is 36.5 Å². The van der Waals surface area contributed by atoms with E-state index in [9.17, 15) is 9.59 Å². The summed E-state index contributed by atoms with van der Waals surface area (Å²) in [6, 6.07) is 14.0. The molecular weight excluding hydrogens is 440 g/mol. The van der Waals surface area contributed by atoms with Crippen LogP contribution in [0.1, 0.15) is 0 Å². The van der Waals surface area contributed by atoms with Crippen LogP contribution in [0, 0.1) is 0 Å². The summed E-state index contributed by atoms with van der Waals surface area (Å²) in [7, 11) is 3.10. The van der Waals surface area contributed by atoms with Gasteiger partial charge in [0.1, 0.15) is 17.1 Å². The zero-order valence-corrected chi connectivity index (χ0v) is 19.3. The lowest BCUT2D eigenvalue weighted by Crippen LogP contribution is -2.57. The SMILES string of the molecule is COc1cccc(N2C(=O)C(=C(SC)SC)C(=O)N(c3cccc(OC)c3)C2=S)c1. The van der Waals surface area contributed by atoms with E-state index in [0.29, 0.717) is 27.1 Å². The highest BCUT2D eigenvalue weighted by Gasteiger charge is 2.43. The van der Waals surface area contributed by atoms with E-state index in [1.54, 1.807) is 62.8 Å². The summed E-state index contributed by atoms with van der Waals surface area (Å²) in [6.45, 7) is 0. The molecule has 1 aliphatic rings. The van der Waals surface area contributed by atoms with E-state index in [4.69, 9.17) is 21.7 Å². The second kappa shape index (κ2) is 9.55. The first-order valence-corrected chi connectivity index (χ1v) is 11.7. The van der Waals surface area contributed by atoms with Crippen LogP contribution in [-0.2, 0) is 9.59 Å². The summed E-state index contributed by atoms with van der Waals surface area (Å²) in [5.41, 5.74) is 1.11. The highest BCUT2D eigenvalue weighted by Crippen LogP contribution is 2.37. The van der Waals surface area contributed by atoms with Crippen LogP contribution in [-0.4, -0.2) is 43.7 Å². The molecule has 2 aromatic carbocycles. The Labute approximate surface area is 189 Å². The largest absolute Gasteiger partial charge is 0.497 e. The number of thioether (sulfide) groups is 2.